The normalized spacial score (nSPS) is 14.5. The molecule has 1 aromatic carbocycles. The Kier molecular flexibility index (Phi) is 3.65. The van der Waals surface area contributed by atoms with Gasteiger partial charge in [0.25, 0.3) is 0 Å². The number of carbonyl (C=O) groups is 1. The van der Waals surface area contributed by atoms with Gasteiger partial charge in [-0.3, -0.25) is 4.79 Å². The van der Waals surface area contributed by atoms with Gasteiger partial charge in [0.1, 0.15) is 11.9 Å². The molecule has 0 amide bonds. The molecule has 4 N–H and O–H groups in total. The maximum absolute atomic E-state index is 10.3. The first-order valence-corrected chi connectivity index (χ1v) is 4.37. The highest BCUT2D eigenvalue weighted by atomic mass is 16.4. The summed E-state index contributed by atoms with van der Waals surface area (Å²) < 4.78 is 0. The summed E-state index contributed by atoms with van der Waals surface area (Å²) in [6.45, 7) is 0. The van der Waals surface area contributed by atoms with Crippen molar-refractivity contribution in [1.82, 2.24) is 0 Å². The standard InChI is InChI=1S/C10H12O5/c11-7-3-1-2-6(4-7)10(15)8(12)5-9(13)14/h1-4,8,10-12,15H,5H2,(H,13,14). The van der Waals surface area contributed by atoms with E-state index < -0.39 is 24.6 Å². The highest BCUT2D eigenvalue weighted by molar-refractivity contribution is 5.67. The highest BCUT2D eigenvalue weighted by Crippen LogP contribution is 2.22. The average Bonchev–Trinajstić information content (AvgIpc) is 2.15. The van der Waals surface area contributed by atoms with Crippen LogP contribution in [0.4, 0.5) is 0 Å². The molecule has 0 heterocycles. The molecule has 1 rings (SSSR count). The summed E-state index contributed by atoms with van der Waals surface area (Å²) in [5, 5.41) is 36.4. The van der Waals surface area contributed by atoms with E-state index in [9.17, 15) is 15.0 Å². The molecule has 0 bridgehead atoms. The predicted molar refractivity (Wildman–Crippen MR) is 51.3 cm³/mol. The Balaban J connectivity index is 2.75. The van der Waals surface area contributed by atoms with Gasteiger partial charge in [-0.05, 0) is 17.7 Å². The van der Waals surface area contributed by atoms with E-state index in [4.69, 9.17) is 10.2 Å². The molecule has 0 spiro atoms. The molecule has 0 saturated carbocycles. The Labute approximate surface area is 86.2 Å². The van der Waals surface area contributed by atoms with Crippen LogP contribution in [0.2, 0.25) is 0 Å². The fraction of sp³-hybridized carbons (Fsp3) is 0.300. The first-order chi connectivity index (χ1) is 7.00. The number of aromatic hydroxyl groups is 1. The van der Waals surface area contributed by atoms with Crippen LogP contribution >= 0.6 is 0 Å². The molecule has 0 aliphatic rings. The van der Waals surface area contributed by atoms with Crippen molar-refractivity contribution in [1.29, 1.82) is 0 Å². The molecule has 0 saturated heterocycles. The Hall–Kier alpha value is -1.59. The molecule has 0 aromatic heterocycles. The van der Waals surface area contributed by atoms with E-state index in [1.54, 1.807) is 0 Å². The molecule has 2 atom stereocenters. The number of aliphatic carboxylic acids is 1. The summed E-state index contributed by atoms with van der Waals surface area (Å²) in [5.41, 5.74) is 0.281. The number of phenolic OH excluding ortho intramolecular Hbond substituents is 1. The maximum atomic E-state index is 10.3. The van der Waals surface area contributed by atoms with E-state index in [2.05, 4.69) is 0 Å². The number of hydrogen-bond donors (Lipinski definition) is 4. The summed E-state index contributed by atoms with van der Waals surface area (Å²) in [6.07, 6.45) is -3.24. The van der Waals surface area contributed by atoms with Crippen molar-refractivity contribution < 1.29 is 25.2 Å². The van der Waals surface area contributed by atoms with Crippen molar-refractivity contribution in [2.45, 2.75) is 18.6 Å². The molecule has 0 fully saturated rings. The van der Waals surface area contributed by atoms with E-state index in [-0.39, 0.29) is 11.3 Å². The molecular weight excluding hydrogens is 200 g/mol. The summed E-state index contributed by atoms with van der Waals surface area (Å²) in [4.78, 5) is 10.3. The Morgan fingerprint density at radius 2 is 2.00 bits per heavy atom. The van der Waals surface area contributed by atoms with Crippen LogP contribution in [-0.2, 0) is 4.79 Å². The third kappa shape index (κ3) is 3.23. The molecule has 5 heteroatoms. The number of carboxylic acids is 1. The van der Waals surface area contributed by atoms with Gasteiger partial charge < -0.3 is 20.4 Å². The second kappa shape index (κ2) is 4.77. The molecule has 0 aliphatic carbocycles. The fourth-order valence-corrected chi connectivity index (χ4v) is 1.22. The highest BCUT2D eigenvalue weighted by Gasteiger charge is 2.21. The maximum Gasteiger partial charge on any atom is 0.306 e. The van der Waals surface area contributed by atoms with Gasteiger partial charge in [0, 0.05) is 0 Å². The lowest BCUT2D eigenvalue weighted by molar-refractivity contribution is -0.141. The van der Waals surface area contributed by atoms with Crippen molar-refractivity contribution >= 4 is 5.97 Å². The number of aliphatic hydroxyl groups is 2. The van der Waals surface area contributed by atoms with Gasteiger partial charge in [0.05, 0.1) is 12.5 Å². The molecular formula is C10H12O5. The third-order valence-electron chi connectivity index (χ3n) is 1.96. The van der Waals surface area contributed by atoms with Crippen LogP contribution in [0.1, 0.15) is 18.1 Å². The predicted octanol–water partition coefficient (Wildman–Crippen LogP) is 0.261. The lowest BCUT2D eigenvalue weighted by Gasteiger charge is -2.16. The quantitative estimate of drug-likeness (QED) is 0.574. The Morgan fingerprint density at radius 3 is 2.53 bits per heavy atom. The zero-order chi connectivity index (χ0) is 11.4. The van der Waals surface area contributed by atoms with Crippen molar-refractivity contribution in [3.05, 3.63) is 29.8 Å². The van der Waals surface area contributed by atoms with Crippen LogP contribution in [0.15, 0.2) is 24.3 Å². The van der Waals surface area contributed by atoms with Gasteiger partial charge in [-0.25, -0.2) is 0 Å². The van der Waals surface area contributed by atoms with E-state index in [1.165, 1.54) is 24.3 Å². The molecule has 82 valence electrons. The smallest absolute Gasteiger partial charge is 0.306 e. The SMILES string of the molecule is O=C(O)CC(O)C(O)c1cccc(O)c1. The second-order valence-corrected chi connectivity index (χ2v) is 3.21. The lowest BCUT2D eigenvalue weighted by atomic mass is 10.0. The van der Waals surface area contributed by atoms with Crippen LogP contribution in [0.5, 0.6) is 5.75 Å². The summed E-state index contributed by atoms with van der Waals surface area (Å²) in [6, 6.07) is 5.69. The van der Waals surface area contributed by atoms with Gasteiger partial charge in [-0.1, -0.05) is 12.1 Å². The van der Waals surface area contributed by atoms with Crippen molar-refractivity contribution in [3.8, 4) is 5.75 Å². The number of rotatable bonds is 4. The topological polar surface area (TPSA) is 98.0 Å². The van der Waals surface area contributed by atoms with Crippen LogP contribution < -0.4 is 0 Å². The zero-order valence-electron chi connectivity index (χ0n) is 7.87. The van der Waals surface area contributed by atoms with E-state index in [0.29, 0.717) is 0 Å². The van der Waals surface area contributed by atoms with E-state index in [0.717, 1.165) is 0 Å². The second-order valence-electron chi connectivity index (χ2n) is 3.21. The van der Waals surface area contributed by atoms with Gasteiger partial charge >= 0.3 is 5.97 Å². The minimum absolute atomic E-state index is 0.0472. The summed E-state index contributed by atoms with van der Waals surface area (Å²) >= 11 is 0. The summed E-state index contributed by atoms with van der Waals surface area (Å²) in [5.74, 6) is -1.24. The molecule has 5 nitrogen and oxygen atoms in total. The minimum atomic E-state index is -1.38. The van der Waals surface area contributed by atoms with Crippen LogP contribution in [0, 0.1) is 0 Å². The average molecular weight is 212 g/mol. The van der Waals surface area contributed by atoms with Gasteiger partial charge in [0.2, 0.25) is 0 Å². The molecule has 1 aromatic rings. The number of carboxylic acid groups (broad SMARTS) is 1. The first kappa shape index (κ1) is 11.5. The third-order valence-corrected chi connectivity index (χ3v) is 1.96. The summed E-state index contributed by atoms with van der Waals surface area (Å²) in [7, 11) is 0. The van der Waals surface area contributed by atoms with Crippen molar-refractivity contribution in [3.63, 3.8) is 0 Å². The van der Waals surface area contributed by atoms with Gasteiger partial charge in [-0.2, -0.15) is 0 Å². The van der Waals surface area contributed by atoms with Crippen molar-refractivity contribution in [2.24, 2.45) is 0 Å². The number of aliphatic hydroxyl groups excluding tert-OH is 2. The molecule has 15 heavy (non-hydrogen) atoms. The van der Waals surface area contributed by atoms with E-state index >= 15 is 0 Å². The number of phenols is 1. The lowest BCUT2D eigenvalue weighted by Crippen LogP contribution is -2.21. The molecule has 0 radical (unpaired) electrons. The monoisotopic (exact) mass is 212 g/mol. The number of benzene rings is 1. The Bertz CT molecular complexity index is 349. The largest absolute Gasteiger partial charge is 0.508 e. The molecule has 2 unspecified atom stereocenters. The number of hydrogen-bond acceptors (Lipinski definition) is 4. The van der Waals surface area contributed by atoms with E-state index in [1.807, 2.05) is 0 Å². The zero-order valence-corrected chi connectivity index (χ0v) is 7.87. The Morgan fingerprint density at radius 1 is 1.33 bits per heavy atom. The van der Waals surface area contributed by atoms with Crippen LogP contribution in [-0.4, -0.2) is 32.5 Å². The minimum Gasteiger partial charge on any atom is -0.508 e. The van der Waals surface area contributed by atoms with Crippen LogP contribution in [0.25, 0.3) is 0 Å². The fourth-order valence-electron chi connectivity index (χ4n) is 1.22. The molecule has 0 aliphatic heterocycles. The van der Waals surface area contributed by atoms with Crippen molar-refractivity contribution in [2.75, 3.05) is 0 Å². The first-order valence-electron chi connectivity index (χ1n) is 4.37. The van der Waals surface area contributed by atoms with Gasteiger partial charge in [-0.15, -0.1) is 0 Å². The van der Waals surface area contributed by atoms with Gasteiger partial charge in [0.15, 0.2) is 0 Å². The van der Waals surface area contributed by atoms with Crippen LogP contribution in [0.3, 0.4) is 0 Å².